The number of aromatic nitrogens is 6. The fourth-order valence-corrected chi connectivity index (χ4v) is 3.20. The first-order valence-corrected chi connectivity index (χ1v) is 8.25. The van der Waals surface area contributed by atoms with Crippen molar-refractivity contribution in [2.24, 2.45) is 0 Å². The van der Waals surface area contributed by atoms with Gasteiger partial charge >= 0.3 is 0 Å². The van der Waals surface area contributed by atoms with Crippen LogP contribution >= 0.6 is 0 Å². The third-order valence-corrected chi connectivity index (χ3v) is 4.38. The van der Waals surface area contributed by atoms with Crippen molar-refractivity contribution in [3.05, 3.63) is 36.0 Å². The van der Waals surface area contributed by atoms with Crippen molar-refractivity contribution in [2.75, 3.05) is 5.32 Å². The number of aryl methyl sites for hydroxylation is 1. The molecule has 8 nitrogen and oxygen atoms in total. The molecule has 24 heavy (non-hydrogen) atoms. The first-order valence-electron chi connectivity index (χ1n) is 8.25. The van der Waals surface area contributed by atoms with Crippen molar-refractivity contribution in [1.82, 2.24) is 29.4 Å². The third-order valence-electron chi connectivity index (χ3n) is 4.38. The molecule has 0 aromatic carbocycles. The van der Waals surface area contributed by atoms with E-state index in [0.717, 1.165) is 12.8 Å². The van der Waals surface area contributed by atoms with Gasteiger partial charge in [-0.3, -0.25) is 10.1 Å². The van der Waals surface area contributed by atoms with Gasteiger partial charge in [-0.1, -0.05) is 25.3 Å². The topological polar surface area (TPSA) is 90.0 Å². The molecule has 0 bridgehead atoms. The normalized spacial score (nSPS) is 15.7. The summed E-state index contributed by atoms with van der Waals surface area (Å²) in [4.78, 5) is 21.0. The summed E-state index contributed by atoms with van der Waals surface area (Å²) in [5.74, 6) is 0.640. The summed E-state index contributed by atoms with van der Waals surface area (Å²) in [7, 11) is 0. The number of rotatable bonds is 3. The quantitative estimate of drug-likeness (QED) is 0.798. The van der Waals surface area contributed by atoms with Crippen molar-refractivity contribution in [1.29, 1.82) is 0 Å². The SMILES string of the molecule is Cc1nc2cccc(C(=O)Nc3ncn(C4CCCCC4)n3)n2n1. The lowest BCUT2D eigenvalue weighted by Crippen LogP contribution is -2.18. The predicted octanol–water partition coefficient (Wildman–Crippen LogP) is 2.39. The summed E-state index contributed by atoms with van der Waals surface area (Å²) in [6, 6.07) is 5.69. The van der Waals surface area contributed by atoms with Crippen molar-refractivity contribution < 1.29 is 4.79 Å². The molecular formula is C16H19N7O. The number of nitrogens with zero attached hydrogens (tertiary/aromatic N) is 6. The van der Waals surface area contributed by atoms with Crippen LogP contribution in [0.5, 0.6) is 0 Å². The van der Waals surface area contributed by atoms with E-state index in [1.165, 1.54) is 23.8 Å². The summed E-state index contributed by atoms with van der Waals surface area (Å²) in [6.45, 7) is 1.79. The van der Waals surface area contributed by atoms with Gasteiger partial charge in [0.15, 0.2) is 5.65 Å². The highest BCUT2D eigenvalue weighted by Gasteiger charge is 2.18. The Morgan fingerprint density at radius 1 is 1.21 bits per heavy atom. The largest absolute Gasteiger partial charge is 0.288 e. The van der Waals surface area contributed by atoms with E-state index in [-0.39, 0.29) is 5.91 Å². The molecule has 0 spiro atoms. The molecule has 4 rings (SSSR count). The number of nitrogens with one attached hydrogen (secondary N) is 1. The second kappa shape index (κ2) is 6.03. The van der Waals surface area contributed by atoms with Crippen LogP contribution in [0.3, 0.4) is 0 Å². The minimum Gasteiger partial charge on any atom is -0.288 e. The zero-order chi connectivity index (χ0) is 16.5. The van der Waals surface area contributed by atoms with Gasteiger partial charge in [-0.05, 0) is 31.9 Å². The second-order valence-corrected chi connectivity index (χ2v) is 6.13. The lowest BCUT2D eigenvalue weighted by atomic mass is 9.96. The van der Waals surface area contributed by atoms with Crippen LogP contribution < -0.4 is 5.32 Å². The maximum absolute atomic E-state index is 12.5. The Balaban J connectivity index is 1.54. The molecule has 3 aromatic heterocycles. The molecule has 0 unspecified atom stereocenters. The summed E-state index contributed by atoms with van der Waals surface area (Å²) in [5.41, 5.74) is 1.04. The first kappa shape index (κ1) is 14.8. The summed E-state index contributed by atoms with van der Waals surface area (Å²) >= 11 is 0. The van der Waals surface area contributed by atoms with Gasteiger partial charge in [0.2, 0.25) is 5.95 Å². The van der Waals surface area contributed by atoms with Gasteiger partial charge in [-0.2, -0.15) is 5.10 Å². The van der Waals surface area contributed by atoms with Gasteiger partial charge in [0.05, 0.1) is 6.04 Å². The highest BCUT2D eigenvalue weighted by Crippen LogP contribution is 2.27. The van der Waals surface area contributed by atoms with Gasteiger partial charge in [0, 0.05) is 0 Å². The van der Waals surface area contributed by atoms with Crippen LogP contribution in [0.15, 0.2) is 24.5 Å². The monoisotopic (exact) mass is 325 g/mol. The molecule has 1 aliphatic carbocycles. The molecule has 0 aliphatic heterocycles. The molecule has 1 fully saturated rings. The highest BCUT2D eigenvalue weighted by molar-refractivity contribution is 6.02. The van der Waals surface area contributed by atoms with Gasteiger partial charge in [0.25, 0.3) is 5.91 Å². The molecule has 3 aromatic rings. The summed E-state index contributed by atoms with van der Waals surface area (Å²) in [6.07, 6.45) is 7.67. The molecule has 0 saturated heterocycles. The maximum atomic E-state index is 12.5. The predicted molar refractivity (Wildman–Crippen MR) is 87.8 cm³/mol. The lowest BCUT2D eigenvalue weighted by molar-refractivity contribution is 0.101. The number of fused-ring (bicyclic) bond motifs is 1. The van der Waals surface area contributed by atoms with Gasteiger partial charge < -0.3 is 0 Å². The zero-order valence-corrected chi connectivity index (χ0v) is 13.5. The van der Waals surface area contributed by atoms with Gasteiger partial charge in [0.1, 0.15) is 17.8 Å². The lowest BCUT2D eigenvalue weighted by Gasteiger charge is -2.21. The smallest absolute Gasteiger partial charge is 0.276 e. The van der Waals surface area contributed by atoms with Crippen LogP contribution in [-0.4, -0.2) is 35.3 Å². The van der Waals surface area contributed by atoms with Crippen molar-refractivity contribution in [3.8, 4) is 0 Å². The fourth-order valence-electron chi connectivity index (χ4n) is 3.20. The molecule has 1 amide bonds. The minimum atomic E-state index is -0.299. The number of hydrogen-bond donors (Lipinski definition) is 1. The van der Waals surface area contributed by atoms with E-state index in [2.05, 4.69) is 25.5 Å². The van der Waals surface area contributed by atoms with E-state index < -0.39 is 0 Å². The third kappa shape index (κ3) is 2.75. The molecule has 0 atom stereocenters. The van der Waals surface area contributed by atoms with Crippen LogP contribution in [0.1, 0.15) is 54.5 Å². The Morgan fingerprint density at radius 2 is 2.04 bits per heavy atom. The Bertz CT molecular complexity index is 876. The Morgan fingerprint density at radius 3 is 2.88 bits per heavy atom. The standard InChI is InChI=1S/C16H19N7O/c1-11-18-14-9-5-8-13(23(14)20-11)15(24)19-16-17-10-22(21-16)12-6-3-2-4-7-12/h5,8-10,12H,2-4,6-7H2,1H3,(H,19,21,24). The number of carbonyl (C=O) groups excluding carboxylic acids is 1. The van der Waals surface area contributed by atoms with Crippen LogP contribution in [0, 0.1) is 6.92 Å². The Kier molecular flexibility index (Phi) is 3.72. The van der Waals surface area contributed by atoms with Crippen molar-refractivity contribution >= 4 is 17.5 Å². The first-order chi connectivity index (χ1) is 11.7. The molecule has 3 heterocycles. The Hall–Kier alpha value is -2.77. The highest BCUT2D eigenvalue weighted by atomic mass is 16.2. The van der Waals surface area contributed by atoms with E-state index >= 15 is 0 Å². The molecule has 1 saturated carbocycles. The van der Waals surface area contributed by atoms with Crippen LogP contribution in [0.2, 0.25) is 0 Å². The molecule has 1 aliphatic rings. The van der Waals surface area contributed by atoms with E-state index in [9.17, 15) is 4.79 Å². The molecule has 1 N–H and O–H groups in total. The number of anilines is 1. The maximum Gasteiger partial charge on any atom is 0.276 e. The van der Waals surface area contributed by atoms with Crippen LogP contribution in [-0.2, 0) is 0 Å². The number of amides is 1. The van der Waals surface area contributed by atoms with Crippen LogP contribution in [0.4, 0.5) is 5.95 Å². The van der Waals surface area contributed by atoms with E-state index in [1.54, 1.807) is 25.4 Å². The summed E-state index contributed by atoms with van der Waals surface area (Å²) in [5, 5.41) is 11.4. The number of carbonyl (C=O) groups is 1. The molecule has 8 heteroatoms. The fraction of sp³-hybridized carbons (Fsp3) is 0.438. The van der Waals surface area contributed by atoms with Crippen molar-refractivity contribution in [3.63, 3.8) is 0 Å². The average Bonchev–Trinajstić information content (AvgIpc) is 3.20. The van der Waals surface area contributed by atoms with Crippen molar-refractivity contribution in [2.45, 2.75) is 45.1 Å². The number of pyridine rings is 1. The van der Waals surface area contributed by atoms with E-state index in [1.807, 2.05) is 10.7 Å². The van der Waals surface area contributed by atoms with E-state index in [0.29, 0.717) is 29.2 Å². The zero-order valence-electron chi connectivity index (χ0n) is 13.5. The van der Waals surface area contributed by atoms with Gasteiger partial charge in [-0.25, -0.2) is 19.2 Å². The van der Waals surface area contributed by atoms with Gasteiger partial charge in [-0.15, -0.1) is 5.10 Å². The minimum absolute atomic E-state index is 0.299. The summed E-state index contributed by atoms with van der Waals surface area (Å²) < 4.78 is 3.40. The molecular weight excluding hydrogens is 306 g/mol. The Labute approximate surface area is 138 Å². The second-order valence-electron chi connectivity index (χ2n) is 6.13. The number of hydrogen-bond acceptors (Lipinski definition) is 5. The van der Waals surface area contributed by atoms with Crippen LogP contribution in [0.25, 0.3) is 5.65 Å². The molecule has 0 radical (unpaired) electrons. The van der Waals surface area contributed by atoms with E-state index in [4.69, 9.17) is 0 Å². The average molecular weight is 325 g/mol. The molecule has 124 valence electrons.